The van der Waals surface area contributed by atoms with Gasteiger partial charge in [0.25, 0.3) is 5.91 Å². The smallest absolute Gasteiger partial charge is 0.257 e. The largest absolute Gasteiger partial charge is 0.383 e. The van der Waals surface area contributed by atoms with Crippen LogP contribution in [0.3, 0.4) is 0 Å². The highest BCUT2D eigenvalue weighted by Crippen LogP contribution is 2.35. The fourth-order valence-electron chi connectivity index (χ4n) is 3.73. The molecule has 30 heavy (non-hydrogen) atoms. The number of nitrogens with zero attached hydrogens (tertiary/aromatic N) is 3. The van der Waals surface area contributed by atoms with Gasteiger partial charge in [-0.05, 0) is 48.2 Å². The molecular formula is C23H23N5O2. The number of nitrogen functional groups attached to an aromatic ring is 1. The van der Waals surface area contributed by atoms with Crippen LogP contribution in [-0.2, 0) is 11.8 Å². The van der Waals surface area contributed by atoms with Crippen molar-refractivity contribution >= 4 is 28.4 Å². The van der Waals surface area contributed by atoms with Crippen molar-refractivity contribution in [1.82, 2.24) is 14.5 Å². The zero-order valence-corrected chi connectivity index (χ0v) is 17.0. The highest BCUT2D eigenvalue weighted by atomic mass is 16.3. The molecule has 0 aliphatic rings. The second-order valence-corrected chi connectivity index (χ2v) is 7.39. The van der Waals surface area contributed by atoms with Gasteiger partial charge in [-0.1, -0.05) is 30.3 Å². The van der Waals surface area contributed by atoms with E-state index in [0.29, 0.717) is 17.1 Å². The molecule has 4 N–H and O–H groups in total. The molecule has 7 nitrogen and oxygen atoms in total. The number of aryl methyl sites for hydroxylation is 3. The highest BCUT2D eigenvalue weighted by Gasteiger charge is 2.20. The summed E-state index contributed by atoms with van der Waals surface area (Å²) in [5.74, 6) is -0.0482. The number of aliphatic hydroxyl groups excluding tert-OH is 1. The quantitative estimate of drug-likeness (QED) is 0.485. The summed E-state index contributed by atoms with van der Waals surface area (Å²) in [5.41, 5.74) is 11.8. The topological polar surface area (TPSA) is 106 Å². The third-order valence-electron chi connectivity index (χ3n) is 5.30. The molecular weight excluding hydrogens is 378 g/mol. The maximum absolute atomic E-state index is 12.6. The number of aromatic nitrogens is 3. The molecule has 2 aromatic carbocycles. The Kier molecular flexibility index (Phi) is 4.97. The van der Waals surface area contributed by atoms with E-state index in [1.54, 1.807) is 12.1 Å². The van der Waals surface area contributed by atoms with Crippen molar-refractivity contribution in [2.45, 2.75) is 20.0 Å². The van der Waals surface area contributed by atoms with Crippen molar-refractivity contribution in [3.63, 3.8) is 0 Å². The molecule has 1 amide bonds. The van der Waals surface area contributed by atoms with Crippen LogP contribution < -0.4 is 11.1 Å². The molecule has 152 valence electrons. The van der Waals surface area contributed by atoms with Gasteiger partial charge in [0.2, 0.25) is 0 Å². The molecule has 0 aliphatic heterocycles. The number of hydrogen-bond donors (Lipinski definition) is 3. The summed E-state index contributed by atoms with van der Waals surface area (Å²) in [5, 5.41) is 14.0. The Balaban J connectivity index is 1.63. The number of nitrogens with one attached hydrogen (secondary N) is 1. The highest BCUT2D eigenvalue weighted by molar-refractivity contribution is 6.01. The average Bonchev–Trinajstić information content (AvgIpc) is 3.05. The van der Waals surface area contributed by atoms with Crippen LogP contribution in [0.4, 0.5) is 11.5 Å². The van der Waals surface area contributed by atoms with E-state index in [9.17, 15) is 9.90 Å². The second-order valence-electron chi connectivity index (χ2n) is 7.39. The van der Waals surface area contributed by atoms with Crippen LogP contribution in [0, 0.1) is 13.8 Å². The molecule has 7 heteroatoms. The van der Waals surface area contributed by atoms with Gasteiger partial charge in [0.1, 0.15) is 17.8 Å². The summed E-state index contributed by atoms with van der Waals surface area (Å²) in [6.07, 6.45) is 2.19. The standard InChI is InChI=1S/C23H23N5O2/c1-13-6-4-5-7-17(13)20(29)23(30)27-15-8-9-16(14(2)10-15)18-11-28(3)22-19(18)21(24)25-12-26-22/h4-12,20,29H,1-3H3,(H,27,30)(H2,24,25,26). The maximum Gasteiger partial charge on any atom is 0.257 e. The van der Waals surface area contributed by atoms with E-state index in [0.717, 1.165) is 33.3 Å². The lowest BCUT2D eigenvalue weighted by Gasteiger charge is -2.15. The van der Waals surface area contributed by atoms with Gasteiger partial charge in [0.05, 0.1) is 5.39 Å². The SMILES string of the molecule is Cc1cc(NC(=O)C(O)c2ccccc2C)ccc1-c1cn(C)c2ncnc(N)c12. The Labute approximate surface area is 174 Å². The van der Waals surface area contributed by atoms with Crippen LogP contribution in [0.15, 0.2) is 55.0 Å². The first-order valence-corrected chi connectivity index (χ1v) is 9.58. The molecule has 1 atom stereocenters. The Morgan fingerprint density at radius 2 is 1.87 bits per heavy atom. The lowest BCUT2D eigenvalue weighted by atomic mass is 9.99. The number of aliphatic hydroxyl groups is 1. The Morgan fingerprint density at radius 1 is 1.10 bits per heavy atom. The van der Waals surface area contributed by atoms with Crippen molar-refractivity contribution < 1.29 is 9.90 Å². The summed E-state index contributed by atoms with van der Waals surface area (Å²) < 4.78 is 1.91. The lowest BCUT2D eigenvalue weighted by molar-refractivity contribution is -0.124. The first kappa shape index (κ1) is 19.6. The van der Waals surface area contributed by atoms with Crippen LogP contribution in [-0.4, -0.2) is 25.5 Å². The van der Waals surface area contributed by atoms with E-state index in [1.807, 2.05) is 62.0 Å². The second kappa shape index (κ2) is 7.61. The van der Waals surface area contributed by atoms with Crippen LogP contribution in [0.1, 0.15) is 22.8 Å². The number of fused-ring (bicyclic) bond motifs is 1. The Hall–Kier alpha value is -3.71. The van der Waals surface area contributed by atoms with Gasteiger partial charge in [-0.15, -0.1) is 0 Å². The predicted molar refractivity (Wildman–Crippen MR) is 118 cm³/mol. The summed E-state index contributed by atoms with van der Waals surface area (Å²) in [6, 6.07) is 12.9. The van der Waals surface area contributed by atoms with Gasteiger partial charge in [-0.3, -0.25) is 4.79 Å². The molecule has 2 aromatic heterocycles. The monoisotopic (exact) mass is 401 g/mol. The molecule has 1 unspecified atom stereocenters. The summed E-state index contributed by atoms with van der Waals surface area (Å²) in [7, 11) is 1.91. The number of hydrogen-bond acceptors (Lipinski definition) is 5. The van der Waals surface area contributed by atoms with E-state index >= 15 is 0 Å². The van der Waals surface area contributed by atoms with Crippen molar-refractivity contribution in [3.05, 3.63) is 71.7 Å². The summed E-state index contributed by atoms with van der Waals surface area (Å²) in [4.78, 5) is 21.0. The first-order chi connectivity index (χ1) is 14.4. The number of carbonyl (C=O) groups is 1. The summed E-state index contributed by atoms with van der Waals surface area (Å²) in [6.45, 7) is 3.83. The van der Waals surface area contributed by atoms with Gasteiger partial charge >= 0.3 is 0 Å². The molecule has 0 spiro atoms. The van der Waals surface area contributed by atoms with Crippen molar-refractivity contribution in [3.8, 4) is 11.1 Å². The molecule has 4 rings (SSSR count). The van der Waals surface area contributed by atoms with Gasteiger partial charge in [-0.2, -0.15) is 0 Å². The Morgan fingerprint density at radius 3 is 2.60 bits per heavy atom. The van der Waals surface area contributed by atoms with Crippen LogP contribution in [0.25, 0.3) is 22.2 Å². The number of rotatable bonds is 4. The molecule has 2 heterocycles. The third-order valence-corrected chi connectivity index (χ3v) is 5.30. The minimum atomic E-state index is -1.24. The van der Waals surface area contributed by atoms with Gasteiger partial charge < -0.3 is 20.7 Å². The van der Waals surface area contributed by atoms with Crippen molar-refractivity contribution in [2.75, 3.05) is 11.1 Å². The van der Waals surface area contributed by atoms with Gasteiger partial charge in [-0.25, -0.2) is 9.97 Å². The predicted octanol–water partition coefficient (Wildman–Crippen LogP) is 3.51. The molecule has 0 saturated heterocycles. The fourth-order valence-corrected chi connectivity index (χ4v) is 3.73. The zero-order valence-electron chi connectivity index (χ0n) is 17.0. The van der Waals surface area contributed by atoms with Crippen molar-refractivity contribution in [1.29, 1.82) is 0 Å². The van der Waals surface area contributed by atoms with Crippen molar-refractivity contribution in [2.24, 2.45) is 7.05 Å². The van der Waals surface area contributed by atoms with Gasteiger partial charge in [0.15, 0.2) is 6.10 Å². The lowest BCUT2D eigenvalue weighted by Crippen LogP contribution is -2.21. The minimum absolute atomic E-state index is 0.425. The van der Waals surface area contributed by atoms with Crippen LogP contribution in [0.5, 0.6) is 0 Å². The number of nitrogens with two attached hydrogens (primary N) is 1. The molecule has 0 fully saturated rings. The first-order valence-electron chi connectivity index (χ1n) is 9.58. The fraction of sp³-hybridized carbons (Fsp3) is 0.174. The van der Waals surface area contributed by atoms with Gasteiger partial charge in [0, 0.05) is 24.5 Å². The third kappa shape index (κ3) is 3.40. The molecule has 4 aromatic rings. The normalized spacial score (nSPS) is 12.1. The molecule has 0 bridgehead atoms. The number of anilines is 2. The zero-order chi connectivity index (χ0) is 21.4. The summed E-state index contributed by atoms with van der Waals surface area (Å²) >= 11 is 0. The maximum atomic E-state index is 12.6. The number of amides is 1. The number of carbonyl (C=O) groups excluding carboxylic acids is 1. The average molecular weight is 401 g/mol. The molecule has 0 radical (unpaired) electrons. The number of benzene rings is 2. The Bertz CT molecular complexity index is 1260. The minimum Gasteiger partial charge on any atom is -0.383 e. The van der Waals surface area contributed by atoms with E-state index in [4.69, 9.17) is 5.73 Å². The van der Waals surface area contributed by atoms with E-state index in [2.05, 4.69) is 15.3 Å². The molecule has 0 aliphatic carbocycles. The van der Waals surface area contributed by atoms with Crippen LogP contribution in [0.2, 0.25) is 0 Å². The van der Waals surface area contributed by atoms with E-state index < -0.39 is 12.0 Å². The van der Waals surface area contributed by atoms with Crippen LogP contribution >= 0.6 is 0 Å². The van der Waals surface area contributed by atoms with E-state index in [-0.39, 0.29) is 0 Å². The molecule has 0 saturated carbocycles. The van der Waals surface area contributed by atoms with E-state index in [1.165, 1.54) is 6.33 Å².